The van der Waals surface area contributed by atoms with Crippen LogP contribution in [0.3, 0.4) is 0 Å². The normalized spacial score (nSPS) is 14.2. The van der Waals surface area contributed by atoms with Crippen molar-refractivity contribution in [1.29, 1.82) is 0 Å². The number of allylic oxidation sites excluding steroid dienone is 14. The Hall–Kier alpha value is -2.81. The summed E-state index contributed by atoms with van der Waals surface area (Å²) in [5.74, 6) is -0.598. The molecule has 0 heterocycles. The SMILES string of the molecule is CC/C=C\C/C=C\C/C=C\C/C=C\C/C=C\CCCC(=O)OCC(O)COP(=O)(O)OCCNC(=O)CCCCCCC/C=C\C/C=C\CCCCCC. The van der Waals surface area contributed by atoms with E-state index in [0.29, 0.717) is 12.8 Å². The number of aliphatic hydroxyl groups excluding tert-OH is 1. The van der Waals surface area contributed by atoms with Gasteiger partial charge < -0.3 is 20.1 Å². The maximum Gasteiger partial charge on any atom is 0.472 e. The van der Waals surface area contributed by atoms with E-state index in [-0.39, 0.29) is 32.1 Å². The van der Waals surface area contributed by atoms with Crippen LogP contribution in [-0.2, 0) is 27.9 Å². The highest BCUT2D eigenvalue weighted by Crippen LogP contribution is 2.42. The summed E-state index contributed by atoms with van der Waals surface area (Å²) < 4.78 is 26.8. The summed E-state index contributed by atoms with van der Waals surface area (Å²) in [6.45, 7) is 3.31. The number of unbranched alkanes of at least 4 members (excludes halogenated alkanes) is 10. The first-order valence-corrected chi connectivity index (χ1v) is 22.1. The minimum atomic E-state index is -4.44. The number of ether oxygens (including phenoxy) is 1. The molecule has 0 aliphatic rings. The average Bonchev–Trinajstić information content (AvgIpc) is 3.16. The van der Waals surface area contributed by atoms with Crippen LogP contribution >= 0.6 is 7.82 Å². The lowest BCUT2D eigenvalue weighted by molar-refractivity contribution is -0.147. The molecule has 0 rings (SSSR count). The van der Waals surface area contributed by atoms with E-state index in [2.05, 4.69) is 98.2 Å². The van der Waals surface area contributed by atoms with E-state index in [4.69, 9.17) is 13.8 Å². The van der Waals surface area contributed by atoms with Crippen LogP contribution in [0, 0.1) is 0 Å². The van der Waals surface area contributed by atoms with Gasteiger partial charge in [0.25, 0.3) is 0 Å². The fourth-order valence-corrected chi connectivity index (χ4v) is 5.73. The Kier molecular flexibility index (Phi) is 37.8. The molecule has 0 aromatic heterocycles. The van der Waals surface area contributed by atoms with Gasteiger partial charge in [-0.25, -0.2) is 4.57 Å². The molecule has 10 heteroatoms. The van der Waals surface area contributed by atoms with Crippen LogP contribution < -0.4 is 5.32 Å². The molecular weight excluding hydrogens is 701 g/mol. The fraction of sp³-hybridized carbons (Fsp3) is 0.636. The molecule has 0 bridgehead atoms. The van der Waals surface area contributed by atoms with Crippen molar-refractivity contribution in [3.8, 4) is 0 Å². The van der Waals surface area contributed by atoms with E-state index in [0.717, 1.165) is 83.5 Å². The second kappa shape index (κ2) is 39.9. The van der Waals surface area contributed by atoms with Crippen LogP contribution in [0.15, 0.2) is 85.1 Å². The van der Waals surface area contributed by atoms with E-state index in [1.54, 1.807) is 0 Å². The van der Waals surface area contributed by atoms with Gasteiger partial charge in [-0.05, 0) is 83.5 Å². The third kappa shape index (κ3) is 40.4. The monoisotopic (exact) mass is 776 g/mol. The Labute approximate surface area is 328 Å². The molecule has 0 spiro atoms. The van der Waals surface area contributed by atoms with Crippen LogP contribution in [0.25, 0.3) is 0 Å². The zero-order valence-corrected chi connectivity index (χ0v) is 34.5. The van der Waals surface area contributed by atoms with Crippen molar-refractivity contribution >= 4 is 19.7 Å². The predicted octanol–water partition coefficient (Wildman–Crippen LogP) is 11.3. The van der Waals surface area contributed by atoms with Gasteiger partial charge in [0.15, 0.2) is 0 Å². The van der Waals surface area contributed by atoms with Crippen molar-refractivity contribution < 1.29 is 37.9 Å². The number of rotatable bonds is 37. The number of hydrogen-bond donors (Lipinski definition) is 3. The number of nitrogens with one attached hydrogen (secondary N) is 1. The number of esters is 1. The summed E-state index contributed by atoms with van der Waals surface area (Å²) in [4.78, 5) is 33.8. The summed E-state index contributed by atoms with van der Waals surface area (Å²) in [5.41, 5.74) is 0. The number of amides is 1. The van der Waals surface area contributed by atoms with Crippen LogP contribution in [0.4, 0.5) is 0 Å². The Morgan fingerprint density at radius 1 is 0.593 bits per heavy atom. The third-order valence-electron chi connectivity index (χ3n) is 8.06. The summed E-state index contributed by atoms with van der Waals surface area (Å²) in [5, 5.41) is 12.7. The van der Waals surface area contributed by atoms with Crippen LogP contribution in [0.2, 0.25) is 0 Å². The molecule has 54 heavy (non-hydrogen) atoms. The summed E-state index contributed by atoms with van der Waals surface area (Å²) >= 11 is 0. The molecule has 1 amide bonds. The van der Waals surface area contributed by atoms with Gasteiger partial charge in [0.2, 0.25) is 5.91 Å². The summed E-state index contributed by atoms with van der Waals surface area (Å²) in [6, 6.07) is 0. The molecule has 0 aromatic rings. The minimum Gasteiger partial charge on any atom is -0.463 e. The molecule has 3 N–H and O–H groups in total. The van der Waals surface area contributed by atoms with Gasteiger partial charge in [-0.15, -0.1) is 0 Å². The summed E-state index contributed by atoms with van der Waals surface area (Å²) in [7, 11) is -4.44. The Morgan fingerprint density at radius 2 is 1.07 bits per heavy atom. The van der Waals surface area contributed by atoms with Gasteiger partial charge in [-0.3, -0.25) is 18.6 Å². The molecule has 0 aliphatic carbocycles. The van der Waals surface area contributed by atoms with Gasteiger partial charge in [-0.2, -0.15) is 0 Å². The quantitative estimate of drug-likeness (QED) is 0.0246. The Balaban J connectivity index is 3.74. The van der Waals surface area contributed by atoms with Gasteiger partial charge in [0.05, 0.1) is 13.2 Å². The number of aliphatic hydroxyl groups is 1. The molecule has 0 radical (unpaired) electrons. The molecule has 0 aromatic carbocycles. The van der Waals surface area contributed by atoms with Crippen LogP contribution in [0.1, 0.15) is 149 Å². The van der Waals surface area contributed by atoms with Crippen molar-refractivity contribution in [2.75, 3.05) is 26.4 Å². The lowest BCUT2D eigenvalue weighted by Crippen LogP contribution is -2.27. The standard InChI is InChI=1S/C44H74NO8P/c1-3-5-7-9-11-13-15-17-19-21-23-25-27-29-31-33-35-37-44(48)51-40-42(46)41-53-54(49,50)52-39-38-45-43(47)36-34-32-30-28-26-24-22-20-18-16-14-12-10-8-6-4-2/h5,7,11,13-14,16-17,19-20,22-23,25,29,31,42,46H,3-4,6,8-10,12,15,18,21,24,26-28,30,32-41H2,1-2H3,(H,45,47)(H,49,50)/b7-5-,13-11-,16-14-,19-17-,22-20-,25-23-,31-29-. The fourth-order valence-electron chi connectivity index (χ4n) is 4.97. The van der Waals surface area contributed by atoms with Gasteiger partial charge in [-0.1, -0.05) is 137 Å². The lowest BCUT2D eigenvalue weighted by atomic mass is 10.1. The Bertz CT molecular complexity index is 1160. The third-order valence-corrected chi connectivity index (χ3v) is 9.04. The van der Waals surface area contributed by atoms with Crippen molar-refractivity contribution in [2.45, 2.75) is 155 Å². The van der Waals surface area contributed by atoms with Crippen molar-refractivity contribution in [2.24, 2.45) is 0 Å². The number of carbonyl (C=O) groups excluding carboxylic acids is 2. The first kappa shape index (κ1) is 51.2. The molecule has 0 saturated heterocycles. The highest BCUT2D eigenvalue weighted by molar-refractivity contribution is 7.47. The van der Waals surface area contributed by atoms with Crippen LogP contribution in [0.5, 0.6) is 0 Å². The lowest BCUT2D eigenvalue weighted by Gasteiger charge is -2.15. The second-order valence-corrected chi connectivity index (χ2v) is 14.7. The topological polar surface area (TPSA) is 131 Å². The highest BCUT2D eigenvalue weighted by Gasteiger charge is 2.23. The number of carbonyl (C=O) groups is 2. The molecule has 9 nitrogen and oxygen atoms in total. The van der Waals surface area contributed by atoms with Gasteiger partial charge in [0, 0.05) is 19.4 Å². The maximum absolute atomic E-state index is 12.1. The molecule has 2 unspecified atom stereocenters. The molecule has 0 fully saturated rings. The highest BCUT2D eigenvalue weighted by atomic mass is 31.2. The zero-order valence-electron chi connectivity index (χ0n) is 33.6. The molecule has 0 aliphatic heterocycles. The molecular formula is C44H74NO8P. The number of phosphoric ester groups is 1. The molecule has 2 atom stereocenters. The largest absolute Gasteiger partial charge is 0.472 e. The first-order chi connectivity index (χ1) is 26.3. The van der Waals surface area contributed by atoms with Crippen molar-refractivity contribution in [3.63, 3.8) is 0 Å². The predicted molar refractivity (Wildman–Crippen MR) is 224 cm³/mol. The van der Waals surface area contributed by atoms with Crippen molar-refractivity contribution in [1.82, 2.24) is 5.32 Å². The number of phosphoric acid groups is 1. The van der Waals surface area contributed by atoms with E-state index < -0.39 is 26.5 Å². The number of hydrogen-bond acceptors (Lipinski definition) is 7. The van der Waals surface area contributed by atoms with E-state index in [1.807, 2.05) is 6.08 Å². The first-order valence-electron chi connectivity index (χ1n) is 20.6. The second-order valence-electron chi connectivity index (χ2n) is 13.2. The van der Waals surface area contributed by atoms with Gasteiger partial charge in [0.1, 0.15) is 12.7 Å². The van der Waals surface area contributed by atoms with E-state index in [9.17, 15) is 24.2 Å². The minimum absolute atomic E-state index is 0.0624. The smallest absolute Gasteiger partial charge is 0.463 e. The maximum atomic E-state index is 12.1. The van der Waals surface area contributed by atoms with E-state index >= 15 is 0 Å². The van der Waals surface area contributed by atoms with Gasteiger partial charge >= 0.3 is 13.8 Å². The Morgan fingerprint density at radius 3 is 1.63 bits per heavy atom. The van der Waals surface area contributed by atoms with E-state index in [1.165, 1.54) is 32.1 Å². The van der Waals surface area contributed by atoms with Crippen molar-refractivity contribution in [3.05, 3.63) is 85.1 Å². The van der Waals surface area contributed by atoms with Crippen LogP contribution in [-0.4, -0.2) is 54.3 Å². The summed E-state index contributed by atoms with van der Waals surface area (Å²) in [6.07, 6.45) is 49.4. The average molecular weight is 776 g/mol. The zero-order chi connectivity index (χ0) is 39.6. The molecule has 308 valence electrons. The molecule has 0 saturated carbocycles.